The summed E-state index contributed by atoms with van der Waals surface area (Å²) >= 11 is 7.76. The van der Waals surface area contributed by atoms with Crippen LogP contribution in [0.15, 0.2) is 48.5 Å². The van der Waals surface area contributed by atoms with E-state index in [4.69, 9.17) is 11.6 Å². The van der Waals surface area contributed by atoms with E-state index in [9.17, 15) is 9.59 Å². The minimum Gasteiger partial charge on any atom is -0.348 e. The molecule has 3 rings (SSSR count). The molecule has 1 fully saturated rings. The minimum absolute atomic E-state index is 0.163. The van der Waals surface area contributed by atoms with Crippen molar-refractivity contribution in [1.29, 1.82) is 0 Å². The molecule has 0 spiro atoms. The summed E-state index contributed by atoms with van der Waals surface area (Å²) in [5.41, 5.74) is 1.40. The van der Waals surface area contributed by atoms with Gasteiger partial charge in [0.1, 0.15) is 0 Å². The lowest BCUT2D eigenvalue weighted by Crippen LogP contribution is -2.35. The highest BCUT2D eigenvalue weighted by Gasteiger charge is 2.20. The van der Waals surface area contributed by atoms with Gasteiger partial charge in [0.15, 0.2) is 0 Å². The Morgan fingerprint density at radius 3 is 2.67 bits per heavy atom. The van der Waals surface area contributed by atoms with Crippen molar-refractivity contribution in [1.82, 2.24) is 5.32 Å². The van der Waals surface area contributed by atoms with Crippen molar-refractivity contribution in [3.63, 3.8) is 0 Å². The van der Waals surface area contributed by atoms with Gasteiger partial charge in [0, 0.05) is 22.4 Å². The van der Waals surface area contributed by atoms with Gasteiger partial charge in [-0.05, 0) is 42.5 Å². The second-order valence-electron chi connectivity index (χ2n) is 5.54. The van der Waals surface area contributed by atoms with Crippen LogP contribution in [0.4, 0.5) is 5.69 Å². The average Bonchev–Trinajstić information content (AvgIpc) is 3.08. The number of nitrogens with one attached hydrogen (secondary N) is 2. The van der Waals surface area contributed by atoms with Crippen molar-refractivity contribution in [2.24, 2.45) is 0 Å². The second-order valence-corrected chi connectivity index (χ2v) is 7.13. The molecular formula is C18H17ClN2O2S. The maximum absolute atomic E-state index is 12.5. The smallest absolute Gasteiger partial charge is 0.255 e. The first kappa shape index (κ1) is 16.9. The number of rotatable bonds is 4. The molecule has 0 aliphatic carbocycles. The average molecular weight is 361 g/mol. The fourth-order valence-corrected chi connectivity index (χ4v) is 3.87. The molecular weight excluding hydrogens is 344 g/mol. The summed E-state index contributed by atoms with van der Waals surface area (Å²) in [6.07, 6.45) is 0.980. The fourth-order valence-electron chi connectivity index (χ4n) is 2.53. The molecule has 1 aliphatic rings. The molecule has 4 nitrogen and oxygen atoms in total. The SMILES string of the molecule is O=C(Nc1ccccc1C(=O)N[C@@H]1CCSC1)c1cccc(Cl)c1. The molecule has 1 saturated heterocycles. The van der Waals surface area contributed by atoms with Crippen molar-refractivity contribution >= 4 is 40.9 Å². The van der Waals surface area contributed by atoms with Crippen molar-refractivity contribution < 1.29 is 9.59 Å². The highest BCUT2D eigenvalue weighted by Crippen LogP contribution is 2.20. The summed E-state index contributed by atoms with van der Waals surface area (Å²) in [5, 5.41) is 6.31. The van der Waals surface area contributed by atoms with Crippen LogP contribution in [0.25, 0.3) is 0 Å². The standard InChI is InChI=1S/C18H17ClN2O2S/c19-13-5-3-4-12(10-13)17(22)21-16-7-2-1-6-15(16)18(23)20-14-8-9-24-11-14/h1-7,10,14H,8-9,11H2,(H,20,23)(H,21,22)/t14-/m1/s1. The zero-order valence-electron chi connectivity index (χ0n) is 12.9. The van der Waals surface area contributed by atoms with Crippen LogP contribution in [0.3, 0.4) is 0 Å². The summed E-state index contributed by atoms with van der Waals surface area (Å²) in [5.74, 6) is 1.54. The molecule has 0 radical (unpaired) electrons. The van der Waals surface area contributed by atoms with Crippen LogP contribution >= 0.6 is 23.4 Å². The molecule has 1 atom stereocenters. The van der Waals surface area contributed by atoms with E-state index in [0.29, 0.717) is 21.8 Å². The molecule has 0 bridgehead atoms. The Morgan fingerprint density at radius 2 is 1.92 bits per heavy atom. The summed E-state index contributed by atoms with van der Waals surface area (Å²) in [7, 11) is 0. The lowest BCUT2D eigenvalue weighted by atomic mass is 10.1. The summed E-state index contributed by atoms with van der Waals surface area (Å²) < 4.78 is 0. The van der Waals surface area contributed by atoms with Gasteiger partial charge in [-0.2, -0.15) is 11.8 Å². The van der Waals surface area contributed by atoms with E-state index in [-0.39, 0.29) is 17.9 Å². The molecule has 124 valence electrons. The normalized spacial score (nSPS) is 16.6. The predicted molar refractivity (Wildman–Crippen MR) is 99.0 cm³/mol. The first-order valence-corrected chi connectivity index (χ1v) is 9.21. The van der Waals surface area contributed by atoms with E-state index >= 15 is 0 Å². The number of amides is 2. The van der Waals surface area contributed by atoms with Crippen molar-refractivity contribution in [2.45, 2.75) is 12.5 Å². The van der Waals surface area contributed by atoms with Gasteiger partial charge in [-0.1, -0.05) is 29.8 Å². The summed E-state index contributed by atoms with van der Waals surface area (Å²) in [6.45, 7) is 0. The van der Waals surface area contributed by atoms with Crippen LogP contribution in [0, 0.1) is 0 Å². The van der Waals surface area contributed by atoms with Gasteiger partial charge < -0.3 is 10.6 Å². The van der Waals surface area contributed by atoms with Crippen molar-refractivity contribution in [3.05, 3.63) is 64.7 Å². The van der Waals surface area contributed by atoms with Gasteiger partial charge in [-0.3, -0.25) is 9.59 Å². The number of carbonyl (C=O) groups excluding carboxylic acids is 2. The molecule has 0 aromatic heterocycles. The third-order valence-corrected chi connectivity index (χ3v) is 5.17. The zero-order valence-corrected chi connectivity index (χ0v) is 14.5. The van der Waals surface area contributed by atoms with Gasteiger partial charge >= 0.3 is 0 Å². The van der Waals surface area contributed by atoms with Gasteiger partial charge in [-0.15, -0.1) is 0 Å². The van der Waals surface area contributed by atoms with E-state index in [1.165, 1.54) is 0 Å². The Kier molecular flexibility index (Phi) is 5.43. The topological polar surface area (TPSA) is 58.2 Å². The first-order chi connectivity index (χ1) is 11.6. The van der Waals surface area contributed by atoms with Crippen molar-refractivity contribution in [2.75, 3.05) is 16.8 Å². The Hall–Kier alpha value is -1.98. The number of hydrogen-bond acceptors (Lipinski definition) is 3. The highest BCUT2D eigenvalue weighted by molar-refractivity contribution is 7.99. The number of carbonyl (C=O) groups is 2. The third-order valence-electron chi connectivity index (χ3n) is 3.77. The molecule has 2 amide bonds. The van der Waals surface area contributed by atoms with Crippen molar-refractivity contribution in [3.8, 4) is 0 Å². The lowest BCUT2D eigenvalue weighted by Gasteiger charge is -2.14. The molecule has 24 heavy (non-hydrogen) atoms. The second kappa shape index (κ2) is 7.73. The molecule has 6 heteroatoms. The van der Waals surface area contributed by atoms with Crippen LogP contribution in [0.5, 0.6) is 0 Å². The number of hydrogen-bond donors (Lipinski definition) is 2. The van der Waals surface area contributed by atoms with E-state index in [0.717, 1.165) is 17.9 Å². The zero-order chi connectivity index (χ0) is 16.9. The molecule has 1 heterocycles. The minimum atomic E-state index is -0.297. The number of anilines is 1. The van der Waals surface area contributed by atoms with Crippen LogP contribution in [-0.4, -0.2) is 29.4 Å². The van der Waals surface area contributed by atoms with Gasteiger partial charge in [0.2, 0.25) is 0 Å². The quantitative estimate of drug-likeness (QED) is 0.871. The molecule has 2 aromatic carbocycles. The molecule has 1 aliphatic heterocycles. The maximum Gasteiger partial charge on any atom is 0.255 e. The molecule has 0 saturated carbocycles. The van der Waals surface area contributed by atoms with Gasteiger partial charge in [-0.25, -0.2) is 0 Å². The maximum atomic E-state index is 12.5. The molecule has 2 N–H and O–H groups in total. The Morgan fingerprint density at radius 1 is 1.08 bits per heavy atom. The lowest BCUT2D eigenvalue weighted by molar-refractivity contribution is 0.0942. The fraction of sp³-hybridized carbons (Fsp3) is 0.222. The van der Waals surface area contributed by atoms with Crippen LogP contribution in [-0.2, 0) is 0 Å². The van der Waals surface area contributed by atoms with Crippen LogP contribution < -0.4 is 10.6 Å². The summed E-state index contributed by atoms with van der Waals surface area (Å²) in [6, 6.07) is 13.9. The molecule has 0 unspecified atom stereocenters. The highest BCUT2D eigenvalue weighted by atomic mass is 35.5. The van der Waals surface area contributed by atoms with E-state index in [1.54, 1.807) is 48.5 Å². The number of thioether (sulfide) groups is 1. The Balaban J connectivity index is 1.76. The van der Waals surface area contributed by atoms with Crippen LogP contribution in [0.2, 0.25) is 5.02 Å². The monoisotopic (exact) mass is 360 g/mol. The van der Waals surface area contributed by atoms with E-state index < -0.39 is 0 Å². The number of benzene rings is 2. The van der Waals surface area contributed by atoms with E-state index in [2.05, 4.69) is 10.6 Å². The van der Waals surface area contributed by atoms with Gasteiger partial charge in [0.05, 0.1) is 11.3 Å². The summed E-state index contributed by atoms with van der Waals surface area (Å²) in [4.78, 5) is 24.9. The Labute approximate surface area is 150 Å². The predicted octanol–water partition coefficient (Wildman–Crippen LogP) is 3.83. The van der Waals surface area contributed by atoms with Gasteiger partial charge in [0.25, 0.3) is 11.8 Å². The number of para-hydroxylation sites is 1. The third kappa shape index (κ3) is 4.10. The largest absolute Gasteiger partial charge is 0.348 e. The van der Waals surface area contributed by atoms with E-state index in [1.807, 2.05) is 11.8 Å². The first-order valence-electron chi connectivity index (χ1n) is 7.68. The molecule has 2 aromatic rings. The Bertz CT molecular complexity index is 760. The number of halogens is 1. The van der Waals surface area contributed by atoms with Crippen LogP contribution in [0.1, 0.15) is 27.1 Å².